The van der Waals surface area contributed by atoms with Gasteiger partial charge in [-0.05, 0) is 55.3 Å². The first-order chi connectivity index (χ1) is 9.02. The SMILES string of the molecule is C=C(C)C(=O)OC12CC3(C)CC(C)(CC(C)(C3)C1C)C2. The van der Waals surface area contributed by atoms with Gasteiger partial charge in [-0.25, -0.2) is 4.79 Å². The van der Waals surface area contributed by atoms with E-state index in [1.807, 2.05) is 0 Å². The standard InChI is InChI=1S/C18H28O2/c1-12(2)14(19)20-18-10-15(4)7-16(5,11-18)9-17(6,8-15)13(18)3/h13H,1,7-11H2,2-6H3. The van der Waals surface area contributed by atoms with Gasteiger partial charge in [0.1, 0.15) is 5.60 Å². The molecule has 4 bridgehead atoms. The Balaban J connectivity index is 2.02. The lowest BCUT2D eigenvalue weighted by Gasteiger charge is -2.71. The molecule has 4 fully saturated rings. The maximum absolute atomic E-state index is 12.2. The molecule has 4 aliphatic carbocycles. The number of hydrogen-bond donors (Lipinski definition) is 0. The lowest BCUT2D eigenvalue weighted by atomic mass is 9.36. The predicted octanol–water partition coefficient (Wildman–Crippen LogP) is 4.49. The fraction of sp³-hybridized carbons (Fsp3) is 0.833. The number of carbonyl (C=O) groups excluding carboxylic acids is 1. The molecule has 4 rings (SSSR count). The highest BCUT2D eigenvalue weighted by Crippen LogP contribution is 2.73. The van der Waals surface area contributed by atoms with Crippen molar-refractivity contribution >= 4 is 5.97 Å². The van der Waals surface area contributed by atoms with Crippen molar-refractivity contribution in [3.05, 3.63) is 12.2 Å². The van der Waals surface area contributed by atoms with Crippen molar-refractivity contribution in [2.75, 3.05) is 0 Å². The van der Waals surface area contributed by atoms with Gasteiger partial charge >= 0.3 is 5.97 Å². The summed E-state index contributed by atoms with van der Waals surface area (Å²) < 4.78 is 6.08. The van der Waals surface area contributed by atoms with E-state index in [0.717, 1.165) is 12.8 Å². The Morgan fingerprint density at radius 1 is 1.05 bits per heavy atom. The summed E-state index contributed by atoms with van der Waals surface area (Å²) >= 11 is 0. The molecule has 3 atom stereocenters. The Bertz CT molecular complexity index is 472. The second-order valence-electron chi connectivity index (χ2n) is 9.12. The molecule has 0 N–H and O–H groups in total. The first-order valence-corrected chi connectivity index (χ1v) is 7.91. The Morgan fingerprint density at radius 3 is 2.00 bits per heavy atom. The molecule has 0 aromatic heterocycles. The summed E-state index contributed by atoms with van der Waals surface area (Å²) in [5.74, 6) is 0.245. The summed E-state index contributed by atoms with van der Waals surface area (Å²) in [6.45, 7) is 15.0. The fourth-order valence-electron chi connectivity index (χ4n) is 6.60. The average molecular weight is 276 g/mol. The lowest BCUT2D eigenvalue weighted by molar-refractivity contribution is -0.263. The number of rotatable bonds is 2. The minimum Gasteiger partial charge on any atom is -0.455 e. The molecule has 0 aromatic rings. The van der Waals surface area contributed by atoms with Crippen molar-refractivity contribution in [1.29, 1.82) is 0 Å². The molecule has 4 aliphatic rings. The number of ether oxygens (including phenoxy) is 1. The number of hydrogen-bond acceptors (Lipinski definition) is 2. The third kappa shape index (κ3) is 1.79. The Hall–Kier alpha value is -0.790. The zero-order chi connectivity index (χ0) is 15.0. The molecule has 0 heterocycles. The first kappa shape index (κ1) is 14.2. The fourth-order valence-corrected chi connectivity index (χ4v) is 6.60. The quantitative estimate of drug-likeness (QED) is 0.548. The molecule has 4 saturated carbocycles. The lowest BCUT2D eigenvalue weighted by Crippen LogP contribution is -2.67. The van der Waals surface area contributed by atoms with Gasteiger partial charge in [0.05, 0.1) is 0 Å². The Kier molecular flexibility index (Phi) is 2.62. The van der Waals surface area contributed by atoms with E-state index in [9.17, 15) is 4.79 Å². The summed E-state index contributed by atoms with van der Waals surface area (Å²) in [5, 5.41) is 0. The highest BCUT2D eigenvalue weighted by Gasteiger charge is 2.69. The van der Waals surface area contributed by atoms with Crippen LogP contribution in [0.3, 0.4) is 0 Å². The molecule has 0 aliphatic heterocycles. The van der Waals surface area contributed by atoms with Gasteiger partial charge in [-0.15, -0.1) is 0 Å². The van der Waals surface area contributed by atoms with Crippen molar-refractivity contribution in [3.8, 4) is 0 Å². The largest absolute Gasteiger partial charge is 0.455 e. The van der Waals surface area contributed by atoms with E-state index >= 15 is 0 Å². The Labute approximate surface area is 123 Å². The van der Waals surface area contributed by atoms with E-state index in [0.29, 0.717) is 27.7 Å². The van der Waals surface area contributed by atoms with Crippen LogP contribution in [0.1, 0.15) is 66.7 Å². The van der Waals surface area contributed by atoms with Crippen LogP contribution in [-0.2, 0) is 9.53 Å². The predicted molar refractivity (Wildman–Crippen MR) is 80.2 cm³/mol. The summed E-state index contributed by atoms with van der Waals surface area (Å²) in [7, 11) is 0. The van der Waals surface area contributed by atoms with Crippen molar-refractivity contribution in [2.24, 2.45) is 22.2 Å². The monoisotopic (exact) mass is 276 g/mol. The number of esters is 1. The van der Waals surface area contributed by atoms with Gasteiger partial charge in [-0.1, -0.05) is 34.3 Å². The summed E-state index contributed by atoms with van der Waals surface area (Å²) in [5.41, 5.74) is 1.24. The van der Waals surface area contributed by atoms with Gasteiger partial charge in [0.2, 0.25) is 0 Å². The molecule has 0 spiro atoms. The Morgan fingerprint density at radius 2 is 1.55 bits per heavy atom. The van der Waals surface area contributed by atoms with Crippen molar-refractivity contribution < 1.29 is 9.53 Å². The third-order valence-corrected chi connectivity index (χ3v) is 6.45. The molecule has 2 heteroatoms. The minimum atomic E-state index is -0.261. The first-order valence-electron chi connectivity index (χ1n) is 7.91. The molecular formula is C18H28O2. The van der Waals surface area contributed by atoms with E-state index in [1.54, 1.807) is 6.92 Å². The van der Waals surface area contributed by atoms with Crippen LogP contribution in [0.5, 0.6) is 0 Å². The van der Waals surface area contributed by atoms with Crippen LogP contribution in [0, 0.1) is 22.2 Å². The molecule has 3 unspecified atom stereocenters. The second-order valence-corrected chi connectivity index (χ2v) is 9.12. The average Bonchev–Trinajstić information content (AvgIpc) is 2.21. The molecule has 2 nitrogen and oxygen atoms in total. The van der Waals surface area contributed by atoms with Crippen LogP contribution in [0.25, 0.3) is 0 Å². The van der Waals surface area contributed by atoms with Gasteiger partial charge in [-0.3, -0.25) is 0 Å². The van der Waals surface area contributed by atoms with Crippen LogP contribution in [0.15, 0.2) is 12.2 Å². The van der Waals surface area contributed by atoms with Crippen LogP contribution in [0.2, 0.25) is 0 Å². The molecule has 0 radical (unpaired) electrons. The van der Waals surface area contributed by atoms with E-state index < -0.39 is 0 Å². The van der Waals surface area contributed by atoms with Gasteiger partial charge in [-0.2, -0.15) is 0 Å². The highest BCUT2D eigenvalue weighted by molar-refractivity contribution is 5.87. The van der Waals surface area contributed by atoms with E-state index in [4.69, 9.17) is 4.74 Å². The summed E-state index contributed by atoms with van der Waals surface area (Å²) in [6, 6.07) is 0. The van der Waals surface area contributed by atoms with Crippen LogP contribution in [0.4, 0.5) is 0 Å². The van der Waals surface area contributed by atoms with Crippen molar-refractivity contribution in [1.82, 2.24) is 0 Å². The smallest absolute Gasteiger partial charge is 0.333 e. The van der Waals surface area contributed by atoms with Gasteiger partial charge in [0.15, 0.2) is 0 Å². The zero-order valence-electron chi connectivity index (χ0n) is 13.6. The maximum atomic E-state index is 12.2. The third-order valence-electron chi connectivity index (χ3n) is 6.45. The zero-order valence-corrected chi connectivity index (χ0v) is 13.6. The summed E-state index contributed by atoms with van der Waals surface area (Å²) in [4.78, 5) is 12.2. The van der Waals surface area contributed by atoms with E-state index in [2.05, 4.69) is 34.3 Å². The molecule has 0 amide bonds. The number of carbonyl (C=O) groups is 1. The van der Waals surface area contributed by atoms with Crippen molar-refractivity contribution in [3.63, 3.8) is 0 Å². The topological polar surface area (TPSA) is 26.3 Å². The van der Waals surface area contributed by atoms with E-state index in [-0.39, 0.29) is 11.6 Å². The summed E-state index contributed by atoms with van der Waals surface area (Å²) in [6.07, 6.45) is 5.91. The normalized spacial score (nSPS) is 53.0. The molecule has 20 heavy (non-hydrogen) atoms. The van der Waals surface area contributed by atoms with Gasteiger partial charge in [0.25, 0.3) is 0 Å². The van der Waals surface area contributed by atoms with Crippen molar-refractivity contribution in [2.45, 2.75) is 72.3 Å². The maximum Gasteiger partial charge on any atom is 0.333 e. The van der Waals surface area contributed by atoms with Gasteiger partial charge in [0, 0.05) is 11.5 Å². The van der Waals surface area contributed by atoms with E-state index in [1.165, 1.54) is 19.3 Å². The highest BCUT2D eigenvalue weighted by atomic mass is 16.6. The van der Waals surface area contributed by atoms with Crippen LogP contribution in [-0.4, -0.2) is 11.6 Å². The second kappa shape index (κ2) is 3.69. The molecule has 112 valence electrons. The van der Waals surface area contributed by atoms with Gasteiger partial charge < -0.3 is 4.74 Å². The molecule has 0 saturated heterocycles. The molecule has 0 aromatic carbocycles. The minimum absolute atomic E-state index is 0.199. The van der Waals surface area contributed by atoms with Crippen LogP contribution < -0.4 is 0 Å². The van der Waals surface area contributed by atoms with Crippen LogP contribution >= 0.6 is 0 Å². The molecular weight excluding hydrogens is 248 g/mol.